The van der Waals surface area contributed by atoms with Gasteiger partial charge in [-0.2, -0.15) is 5.10 Å². The number of aromatic nitrogens is 2. The van der Waals surface area contributed by atoms with Crippen molar-refractivity contribution in [2.75, 3.05) is 6.54 Å². The summed E-state index contributed by atoms with van der Waals surface area (Å²) in [7, 11) is 1.80. The van der Waals surface area contributed by atoms with E-state index in [-0.39, 0.29) is 10.5 Å². The lowest BCUT2D eigenvalue weighted by Crippen LogP contribution is -2.25. The topological polar surface area (TPSA) is 29.9 Å². The Bertz CT molecular complexity index is 609. The summed E-state index contributed by atoms with van der Waals surface area (Å²) in [5, 5.41) is 7.42. The lowest BCUT2D eigenvalue weighted by Gasteiger charge is -2.21. The van der Waals surface area contributed by atoms with Gasteiger partial charge in [-0.25, -0.2) is 8.78 Å². The van der Waals surface area contributed by atoms with Gasteiger partial charge in [0.1, 0.15) is 0 Å². The summed E-state index contributed by atoms with van der Waals surface area (Å²) in [6, 6.07) is 2.39. The number of hydrogen-bond acceptors (Lipinski definition) is 2. The van der Waals surface area contributed by atoms with Gasteiger partial charge in [0.05, 0.1) is 26.9 Å². The molecule has 0 amide bonds. The molecular weight excluding hydrogens is 396 g/mol. The van der Waals surface area contributed by atoms with Crippen molar-refractivity contribution >= 4 is 31.9 Å². The van der Waals surface area contributed by atoms with Crippen molar-refractivity contribution in [3.05, 3.63) is 50.2 Å². The minimum absolute atomic E-state index is 0.122. The molecule has 2 aromatic rings. The molecule has 0 aliphatic carbocycles. The van der Waals surface area contributed by atoms with Gasteiger partial charge in [0.2, 0.25) is 0 Å². The quantitative estimate of drug-likeness (QED) is 0.777. The molecular formula is C13H13Br2F2N3. The number of hydrogen-bond donors (Lipinski definition) is 1. The average molecular weight is 409 g/mol. The Morgan fingerprint density at radius 3 is 2.60 bits per heavy atom. The van der Waals surface area contributed by atoms with Crippen LogP contribution in [0.5, 0.6) is 0 Å². The smallest absolute Gasteiger partial charge is 0.173 e. The summed E-state index contributed by atoms with van der Waals surface area (Å²) in [6.07, 6.45) is 1.67. The standard InChI is InChI=1S/C13H13Br2F2N3/c1-3-18-12(13-8(14)6-19-20(13)2)7-4-5-9(16)11(17)10(7)15/h4-6,12,18H,3H2,1-2H3. The van der Waals surface area contributed by atoms with Crippen molar-refractivity contribution in [3.8, 4) is 0 Å². The van der Waals surface area contributed by atoms with Gasteiger partial charge >= 0.3 is 0 Å². The fourth-order valence-corrected chi connectivity index (χ4v) is 3.19. The van der Waals surface area contributed by atoms with Crippen LogP contribution >= 0.6 is 31.9 Å². The van der Waals surface area contributed by atoms with Gasteiger partial charge in [0.25, 0.3) is 0 Å². The largest absolute Gasteiger partial charge is 0.305 e. The molecule has 2 rings (SSSR count). The van der Waals surface area contributed by atoms with E-state index in [1.807, 2.05) is 6.92 Å². The molecule has 0 aliphatic heterocycles. The number of nitrogens with zero attached hydrogens (tertiary/aromatic N) is 2. The monoisotopic (exact) mass is 407 g/mol. The second-order valence-corrected chi connectivity index (χ2v) is 5.90. The normalized spacial score (nSPS) is 12.7. The van der Waals surface area contributed by atoms with Gasteiger partial charge in [-0.05, 0) is 50.0 Å². The lowest BCUT2D eigenvalue weighted by atomic mass is 10.0. The number of halogens is 4. The van der Waals surface area contributed by atoms with Gasteiger partial charge in [-0.1, -0.05) is 13.0 Å². The molecule has 3 nitrogen and oxygen atoms in total. The van der Waals surface area contributed by atoms with E-state index in [0.29, 0.717) is 12.1 Å². The van der Waals surface area contributed by atoms with Crippen molar-refractivity contribution in [3.63, 3.8) is 0 Å². The Kier molecular flexibility index (Phi) is 4.93. The second kappa shape index (κ2) is 6.32. The van der Waals surface area contributed by atoms with Gasteiger partial charge in [-0.15, -0.1) is 0 Å². The highest BCUT2D eigenvalue weighted by atomic mass is 79.9. The lowest BCUT2D eigenvalue weighted by molar-refractivity contribution is 0.496. The van der Waals surface area contributed by atoms with Crippen LogP contribution in [0, 0.1) is 11.6 Å². The van der Waals surface area contributed by atoms with Crippen molar-refractivity contribution in [2.24, 2.45) is 7.05 Å². The third kappa shape index (κ3) is 2.80. The molecule has 0 radical (unpaired) electrons. The van der Waals surface area contributed by atoms with Crippen molar-refractivity contribution in [1.29, 1.82) is 0 Å². The SMILES string of the molecule is CCNC(c1ccc(F)c(F)c1Br)c1c(Br)cnn1C. The number of aryl methyl sites for hydroxylation is 1. The Labute approximate surface area is 132 Å². The maximum Gasteiger partial charge on any atom is 0.173 e. The van der Waals surface area contributed by atoms with Gasteiger partial charge in [0.15, 0.2) is 11.6 Å². The van der Waals surface area contributed by atoms with E-state index in [1.54, 1.807) is 24.0 Å². The van der Waals surface area contributed by atoms with E-state index in [4.69, 9.17) is 0 Å². The van der Waals surface area contributed by atoms with Crippen molar-refractivity contribution in [2.45, 2.75) is 13.0 Å². The zero-order valence-corrected chi connectivity index (χ0v) is 14.1. The second-order valence-electron chi connectivity index (χ2n) is 4.26. The van der Waals surface area contributed by atoms with Gasteiger partial charge in [0, 0.05) is 7.05 Å². The molecule has 0 saturated heterocycles. The van der Waals surface area contributed by atoms with Gasteiger partial charge in [-0.3, -0.25) is 4.68 Å². The van der Waals surface area contributed by atoms with Crippen LogP contribution in [-0.2, 0) is 7.05 Å². The highest BCUT2D eigenvalue weighted by Gasteiger charge is 2.24. The summed E-state index contributed by atoms with van der Waals surface area (Å²) in [5.41, 5.74) is 1.47. The third-order valence-electron chi connectivity index (χ3n) is 3.00. The van der Waals surface area contributed by atoms with E-state index in [9.17, 15) is 8.78 Å². The predicted octanol–water partition coefficient (Wildman–Crippen LogP) is 3.92. The Balaban J connectivity index is 2.58. The van der Waals surface area contributed by atoms with Crippen LogP contribution in [0.2, 0.25) is 0 Å². The number of nitrogens with one attached hydrogen (secondary N) is 1. The summed E-state index contributed by atoms with van der Waals surface area (Å²) in [6.45, 7) is 2.62. The first-order valence-corrected chi connectivity index (χ1v) is 7.60. The van der Waals surface area contributed by atoms with Crippen LogP contribution in [0.15, 0.2) is 27.3 Å². The Hall–Kier alpha value is -0.790. The maximum absolute atomic E-state index is 13.8. The molecule has 1 atom stereocenters. The summed E-state index contributed by atoms with van der Waals surface area (Å²) < 4.78 is 29.6. The molecule has 0 spiro atoms. The Morgan fingerprint density at radius 2 is 2.05 bits per heavy atom. The molecule has 0 bridgehead atoms. The van der Waals surface area contributed by atoms with Crippen LogP contribution in [0.25, 0.3) is 0 Å². The molecule has 20 heavy (non-hydrogen) atoms. The first-order valence-electron chi connectivity index (χ1n) is 6.01. The minimum Gasteiger partial charge on any atom is -0.305 e. The van der Waals surface area contributed by atoms with Crippen LogP contribution in [0.3, 0.4) is 0 Å². The molecule has 0 fully saturated rings. The van der Waals surface area contributed by atoms with E-state index >= 15 is 0 Å². The van der Waals surface area contributed by atoms with Crippen molar-refractivity contribution < 1.29 is 8.78 Å². The minimum atomic E-state index is -0.885. The molecule has 1 unspecified atom stereocenters. The highest BCUT2D eigenvalue weighted by molar-refractivity contribution is 9.10. The summed E-state index contributed by atoms with van der Waals surface area (Å²) in [4.78, 5) is 0. The zero-order valence-electron chi connectivity index (χ0n) is 10.9. The first-order chi connectivity index (χ1) is 9.47. The van der Waals surface area contributed by atoms with E-state index in [0.717, 1.165) is 16.2 Å². The van der Waals surface area contributed by atoms with Crippen LogP contribution in [0.4, 0.5) is 8.78 Å². The third-order valence-corrected chi connectivity index (χ3v) is 4.41. The van der Waals surface area contributed by atoms with E-state index in [2.05, 4.69) is 42.3 Å². The molecule has 1 aromatic carbocycles. The summed E-state index contributed by atoms with van der Waals surface area (Å²) >= 11 is 6.57. The number of benzene rings is 1. The average Bonchev–Trinajstić information content (AvgIpc) is 2.74. The fourth-order valence-electron chi connectivity index (χ4n) is 2.07. The molecule has 0 saturated carbocycles. The molecule has 1 heterocycles. The van der Waals surface area contributed by atoms with E-state index < -0.39 is 11.6 Å². The van der Waals surface area contributed by atoms with Crippen LogP contribution in [-0.4, -0.2) is 16.3 Å². The van der Waals surface area contributed by atoms with Gasteiger partial charge < -0.3 is 5.32 Å². The fraction of sp³-hybridized carbons (Fsp3) is 0.308. The predicted molar refractivity (Wildman–Crippen MR) is 80.5 cm³/mol. The molecule has 1 aromatic heterocycles. The van der Waals surface area contributed by atoms with Crippen LogP contribution < -0.4 is 5.32 Å². The molecule has 1 N–H and O–H groups in total. The first kappa shape index (κ1) is 15.6. The number of rotatable bonds is 4. The summed E-state index contributed by atoms with van der Waals surface area (Å²) in [5.74, 6) is -1.76. The molecule has 0 aliphatic rings. The molecule has 108 valence electrons. The zero-order chi connectivity index (χ0) is 14.9. The maximum atomic E-state index is 13.8. The van der Waals surface area contributed by atoms with Crippen molar-refractivity contribution in [1.82, 2.24) is 15.1 Å². The van der Waals surface area contributed by atoms with Crippen LogP contribution in [0.1, 0.15) is 24.2 Å². The highest BCUT2D eigenvalue weighted by Crippen LogP contribution is 2.34. The van der Waals surface area contributed by atoms with E-state index in [1.165, 1.54) is 0 Å². The molecule has 7 heteroatoms. The Morgan fingerprint density at radius 1 is 1.35 bits per heavy atom.